The van der Waals surface area contributed by atoms with Crippen molar-refractivity contribution in [2.24, 2.45) is 5.92 Å². The molecule has 0 radical (unpaired) electrons. The smallest absolute Gasteiger partial charge is 0.342 e. The van der Waals surface area contributed by atoms with Crippen molar-refractivity contribution in [2.75, 3.05) is 20.2 Å². The largest absolute Gasteiger partial charge is 0.458 e. The summed E-state index contributed by atoms with van der Waals surface area (Å²) >= 11 is 0. The molecule has 0 bridgehead atoms. The number of benzene rings is 1. The summed E-state index contributed by atoms with van der Waals surface area (Å²) in [6.45, 7) is 9.74. The van der Waals surface area contributed by atoms with Gasteiger partial charge in [0, 0.05) is 4.92 Å². The van der Waals surface area contributed by atoms with Gasteiger partial charge in [0.25, 0.3) is 0 Å². The Kier molecular flexibility index (Phi) is 7.66. The Labute approximate surface area is 189 Å². The molecule has 0 unspecified atom stereocenters. The van der Waals surface area contributed by atoms with Gasteiger partial charge in [-0.05, 0) is 47.2 Å². The van der Waals surface area contributed by atoms with E-state index in [0.717, 1.165) is 5.56 Å². The van der Waals surface area contributed by atoms with Crippen LogP contribution >= 0.6 is 0 Å². The highest BCUT2D eigenvalue weighted by Gasteiger charge is 2.56. The number of carbonyl (C=O) groups excluding carboxylic acids is 1. The molecule has 176 valence electrons. The fourth-order valence-electron chi connectivity index (χ4n) is 3.94. The number of ether oxygens (including phenoxy) is 3. The second-order valence-electron chi connectivity index (χ2n) is 9.63. The molecular formula is C23H33N3O6. The van der Waals surface area contributed by atoms with Crippen LogP contribution in [0.4, 0.5) is 0 Å². The molecule has 0 amide bonds. The van der Waals surface area contributed by atoms with Gasteiger partial charge in [0.2, 0.25) is 12.1 Å². The van der Waals surface area contributed by atoms with Crippen LogP contribution in [-0.2, 0) is 19.0 Å². The zero-order chi connectivity index (χ0) is 24.3. The van der Waals surface area contributed by atoms with Crippen LogP contribution in [0.3, 0.4) is 0 Å². The van der Waals surface area contributed by atoms with Crippen molar-refractivity contribution in [3.63, 3.8) is 0 Å². The van der Waals surface area contributed by atoms with Crippen molar-refractivity contribution < 1.29 is 23.9 Å². The molecule has 0 spiro atoms. The number of likely N-dealkylation sites (N-methyl/N-ethyl adjacent to an activating group) is 1. The van der Waals surface area contributed by atoms with Crippen LogP contribution in [0.15, 0.2) is 30.3 Å². The standard InChI is InChI=1S/C23H33N3O6/c1-16(13-26(28)29)23(15-24,20(27)32-21(2,3)4)25(7)18-14-30-22(5,6)31-19(18)17-11-9-8-10-12-17/h8-12,16,18-19H,13-14H2,1-7H3/t16-,18-,19-,23+/m0/s1. The van der Waals surface area contributed by atoms with E-state index in [0.29, 0.717) is 0 Å². The Morgan fingerprint density at radius 3 is 2.47 bits per heavy atom. The first-order valence-corrected chi connectivity index (χ1v) is 10.6. The van der Waals surface area contributed by atoms with E-state index < -0.39 is 52.4 Å². The van der Waals surface area contributed by atoms with Gasteiger partial charge in [-0.1, -0.05) is 37.3 Å². The summed E-state index contributed by atoms with van der Waals surface area (Å²) in [5.74, 6) is -2.68. The van der Waals surface area contributed by atoms with Crippen LogP contribution < -0.4 is 0 Å². The van der Waals surface area contributed by atoms with E-state index in [-0.39, 0.29) is 6.61 Å². The molecule has 2 rings (SSSR count). The normalized spacial score (nSPS) is 23.6. The SMILES string of the molecule is C[C@@H](C[N+](=O)[O-])[C@](C#N)(C(=O)OC(C)(C)C)N(C)[C@H]1COC(C)(C)O[C@H]1c1ccccc1. The summed E-state index contributed by atoms with van der Waals surface area (Å²) in [5.41, 5.74) is -1.96. The first-order chi connectivity index (χ1) is 14.7. The minimum absolute atomic E-state index is 0.153. The van der Waals surface area contributed by atoms with Crippen molar-refractivity contribution in [1.29, 1.82) is 5.26 Å². The Bertz CT molecular complexity index is 861. The molecule has 0 aromatic heterocycles. The van der Waals surface area contributed by atoms with Gasteiger partial charge in [-0.25, -0.2) is 4.79 Å². The summed E-state index contributed by atoms with van der Waals surface area (Å²) in [7, 11) is 1.59. The molecule has 0 saturated carbocycles. The maximum Gasteiger partial charge on any atom is 0.342 e. The maximum absolute atomic E-state index is 13.4. The summed E-state index contributed by atoms with van der Waals surface area (Å²) in [4.78, 5) is 25.7. The summed E-state index contributed by atoms with van der Waals surface area (Å²) in [5, 5.41) is 21.6. The molecule has 9 nitrogen and oxygen atoms in total. The minimum Gasteiger partial charge on any atom is -0.458 e. The Hall–Kier alpha value is -2.54. The highest BCUT2D eigenvalue weighted by Crippen LogP contribution is 2.39. The van der Waals surface area contributed by atoms with E-state index in [1.165, 1.54) is 11.8 Å². The number of carbonyl (C=O) groups is 1. The van der Waals surface area contributed by atoms with Crippen LogP contribution in [-0.4, -0.2) is 59.0 Å². The van der Waals surface area contributed by atoms with Gasteiger partial charge in [0.15, 0.2) is 5.79 Å². The molecule has 1 aliphatic heterocycles. The predicted octanol–water partition coefficient (Wildman–Crippen LogP) is 3.33. The Morgan fingerprint density at radius 2 is 1.97 bits per heavy atom. The highest BCUT2D eigenvalue weighted by atomic mass is 16.7. The first kappa shape index (κ1) is 25.7. The van der Waals surface area contributed by atoms with Gasteiger partial charge in [0.05, 0.1) is 24.6 Å². The average molecular weight is 448 g/mol. The van der Waals surface area contributed by atoms with Crippen LogP contribution in [0.2, 0.25) is 0 Å². The number of nitro groups is 1. The topological polar surface area (TPSA) is 115 Å². The van der Waals surface area contributed by atoms with Gasteiger partial charge < -0.3 is 14.2 Å². The molecule has 1 fully saturated rings. The predicted molar refractivity (Wildman–Crippen MR) is 117 cm³/mol. The number of nitriles is 1. The van der Waals surface area contributed by atoms with Gasteiger partial charge in [-0.3, -0.25) is 15.0 Å². The molecule has 1 aliphatic rings. The van der Waals surface area contributed by atoms with Crippen molar-refractivity contribution in [1.82, 2.24) is 4.90 Å². The van der Waals surface area contributed by atoms with Gasteiger partial charge in [0.1, 0.15) is 11.7 Å². The van der Waals surface area contributed by atoms with Crippen molar-refractivity contribution >= 4 is 5.97 Å². The molecule has 0 N–H and O–H groups in total. The number of esters is 1. The lowest BCUT2D eigenvalue weighted by atomic mass is 9.82. The fraction of sp³-hybridized carbons (Fsp3) is 0.652. The number of hydrogen-bond donors (Lipinski definition) is 0. The first-order valence-electron chi connectivity index (χ1n) is 10.6. The Balaban J connectivity index is 2.57. The van der Waals surface area contributed by atoms with Gasteiger partial charge >= 0.3 is 5.97 Å². The van der Waals surface area contributed by atoms with Crippen LogP contribution in [0.25, 0.3) is 0 Å². The minimum atomic E-state index is -1.92. The van der Waals surface area contributed by atoms with Gasteiger partial charge in [-0.2, -0.15) is 5.26 Å². The summed E-state index contributed by atoms with van der Waals surface area (Å²) in [6.07, 6.45) is -0.539. The molecular weight excluding hydrogens is 414 g/mol. The fourth-order valence-corrected chi connectivity index (χ4v) is 3.94. The highest BCUT2D eigenvalue weighted by molar-refractivity contribution is 5.85. The molecule has 1 heterocycles. The monoisotopic (exact) mass is 447 g/mol. The van der Waals surface area contributed by atoms with Crippen molar-refractivity contribution in [2.45, 2.75) is 70.6 Å². The van der Waals surface area contributed by atoms with Crippen LogP contribution in [0.1, 0.15) is 53.2 Å². The van der Waals surface area contributed by atoms with E-state index in [1.807, 2.05) is 30.3 Å². The summed E-state index contributed by atoms with van der Waals surface area (Å²) in [6, 6.07) is 10.9. The van der Waals surface area contributed by atoms with E-state index in [1.54, 1.807) is 41.7 Å². The second-order valence-corrected chi connectivity index (χ2v) is 9.63. The van der Waals surface area contributed by atoms with Crippen LogP contribution in [0, 0.1) is 27.4 Å². The third-order valence-corrected chi connectivity index (χ3v) is 5.56. The number of rotatable bonds is 7. The third kappa shape index (κ3) is 5.63. The third-order valence-electron chi connectivity index (χ3n) is 5.56. The Morgan fingerprint density at radius 1 is 1.38 bits per heavy atom. The zero-order valence-corrected chi connectivity index (χ0v) is 19.8. The lowest BCUT2D eigenvalue weighted by molar-refractivity contribution is -0.489. The molecule has 0 aliphatic carbocycles. The quantitative estimate of drug-likeness (QED) is 0.355. The molecule has 9 heteroatoms. The molecule has 4 atom stereocenters. The van der Waals surface area contributed by atoms with E-state index >= 15 is 0 Å². The number of nitrogens with zero attached hydrogens (tertiary/aromatic N) is 3. The molecule has 1 saturated heterocycles. The lowest BCUT2D eigenvalue weighted by Crippen LogP contribution is -2.65. The van der Waals surface area contributed by atoms with Crippen molar-refractivity contribution in [3.8, 4) is 6.07 Å². The summed E-state index contributed by atoms with van der Waals surface area (Å²) < 4.78 is 17.7. The van der Waals surface area contributed by atoms with Crippen molar-refractivity contribution in [3.05, 3.63) is 46.0 Å². The second kappa shape index (κ2) is 9.53. The maximum atomic E-state index is 13.4. The van der Waals surface area contributed by atoms with E-state index in [2.05, 4.69) is 6.07 Å². The van der Waals surface area contributed by atoms with Gasteiger partial charge in [-0.15, -0.1) is 0 Å². The van der Waals surface area contributed by atoms with E-state index in [9.17, 15) is 20.2 Å². The zero-order valence-electron chi connectivity index (χ0n) is 19.8. The number of hydrogen-bond acceptors (Lipinski definition) is 8. The molecule has 1 aromatic rings. The lowest BCUT2D eigenvalue weighted by Gasteiger charge is -2.49. The van der Waals surface area contributed by atoms with E-state index in [4.69, 9.17) is 14.2 Å². The van der Waals surface area contributed by atoms with Crippen LogP contribution in [0.5, 0.6) is 0 Å². The molecule has 1 aromatic carbocycles. The average Bonchev–Trinajstić information content (AvgIpc) is 2.67. The molecule has 32 heavy (non-hydrogen) atoms.